The minimum Gasteiger partial charge on any atom is -0.337 e. The summed E-state index contributed by atoms with van der Waals surface area (Å²) in [6.45, 7) is 1.71. The van der Waals surface area contributed by atoms with E-state index in [0.717, 1.165) is 0 Å². The molecule has 8 heteroatoms. The molecule has 19 heavy (non-hydrogen) atoms. The number of imidazole rings is 1. The van der Waals surface area contributed by atoms with E-state index in [-0.39, 0.29) is 10.8 Å². The van der Waals surface area contributed by atoms with Crippen LogP contribution in [0.5, 0.6) is 0 Å². The van der Waals surface area contributed by atoms with Crippen molar-refractivity contribution in [2.45, 2.75) is 11.9 Å². The van der Waals surface area contributed by atoms with Gasteiger partial charge in [-0.05, 0) is 19.1 Å². The first-order chi connectivity index (χ1) is 8.92. The molecular formula is C11H11N5O2S. The number of anilines is 1. The van der Waals surface area contributed by atoms with E-state index in [9.17, 15) is 8.42 Å². The molecule has 1 N–H and O–H groups in total. The molecule has 2 heterocycles. The molecule has 0 saturated carbocycles. The molecule has 0 unspecified atom stereocenters. The molecule has 2 aromatic heterocycles. The lowest BCUT2D eigenvalue weighted by atomic mass is 10.3. The SMILES string of the molecule is Cc1nc(S(=O)(=O)Nc2ccc(C#N)cn2)cn1C. The van der Waals surface area contributed by atoms with Crippen LogP contribution in [0.3, 0.4) is 0 Å². The number of nitrogens with one attached hydrogen (secondary N) is 1. The van der Waals surface area contributed by atoms with Gasteiger partial charge in [0.05, 0.1) is 5.56 Å². The minimum absolute atomic E-state index is 0.0707. The number of aryl methyl sites for hydroxylation is 2. The smallest absolute Gasteiger partial charge is 0.282 e. The summed E-state index contributed by atoms with van der Waals surface area (Å²) in [7, 11) is -2.05. The average Bonchev–Trinajstić information content (AvgIpc) is 2.71. The van der Waals surface area contributed by atoms with Crippen molar-refractivity contribution in [1.82, 2.24) is 14.5 Å². The maximum Gasteiger partial charge on any atom is 0.282 e. The third-order valence-electron chi connectivity index (χ3n) is 2.49. The standard InChI is InChI=1S/C11H11N5O2S/c1-8-14-11(7-16(8)2)19(17,18)15-10-4-3-9(5-12)6-13-10/h3-4,6-7H,1-2H3,(H,13,15). The zero-order valence-electron chi connectivity index (χ0n) is 10.3. The Morgan fingerprint density at radius 1 is 1.42 bits per heavy atom. The number of nitrogens with zero attached hydrogens (tertiary/aromatic N) is 4. The van der Waals surface area contributed by atoms with Crippen molar-refractivity contribution in [2.75, 3.05) is 4.72 Å². The lowest BCUT2D eigenvalue weighted by Crippen LogP contribution is -2.14. The first kappa shape index (κ1) is 13.0. The van der Waals surface area contributed by atoms with Gasteiger partial charge in [-0.25, -0.2) is 9.97 Å². The van der Waals surface area contributed by atoms with Gasteiger partial charge < -0.3 is 4.57 Å². The third kappa shape index (κ3) is 2.71. The number of pyridine rings is 1. The second-order valence-electron chi connectivity index (χ2n) is 3.89. The minimum atomic E-state index is -3.76. The molecule has 0 bridgehead atoms. The Bertz CT molecular complexity index is 721. The monoisotopic (exact) mass is 277 g/mol. The first-order valence-electron chi connectivity index (χ1n) is 5.31. The lowest BCUT2D eigenvalue weighted by molar-refractivity contribution is 0.598. The highest BCUT2D eigenvalue weighted by Gasteiger charge is 2.18. The Labute approximate surface area is 110 Å². The number of rotatable bonds is 3. The molecule has 0 aliphatic heterocycles. The van der Waals surface area contributed by atoms with Crippen LogP contribution in [-0.2, 0) is 17.1 Å². The van der Waals surface area contributed by atoms with Crippen molar-refractivity contribution in [1.29, 1.82) is 5.26 Å². The summed E-state index contributed by atoms with van der Waals surface area (Å²) < 4.78 is 28.0. The Balaban J connectivity index is 2.28. The molecule has 0 aliphatic rings. The van der Waals surface area contributed by atoms with Crippen LogP contribution in [0.4, 0.5) is 5.82 Å². The molecule has 0 fully saturated rings. The van der Waals surface area contributed by atoms with Crippen LogP contribution < -0.4 is 4.72 Å². The molecule has 2 aromatic rings. The summed E-state index contributed by atoms with van der Waals surface area (Å²) in [6, 6.07) is 4.81. The maximum absolute atomic E-state index is 12.0. The van der Waals surface area contributed by atoms with Gasteiger partial charge >= 0.3 is 0 Å². The van der Waals surface area contributed by atoms with E-state index >= 15 is 0 Å². The fourth-order valence-corrected chi connectivity index (χ4v) is 2.42. The van der Waals surface area contributed by atoms with E-state index in [1.165, 1.54) is 24.5 Å². The molecular weight excluding hydrogens is 266 g/mol. The van der Waals surface area contributed by atoms with Gasteiger partial charge in [0.1, 0.15) is 17.7 Å². The predicted octanol–water partition coefficient (Wildman–Crippen LogP) is 0.796. The highest BCUT2D eigenvalue weighted by molar-refractivity contribution is 7.92. The molecule has 0 saturated heterocycles. The Hall–Kier alpha value is -2.40. The Morgan fingerprint density at radius 2 is 2.16 bits per heavy atom. The van der Waals surface area contributed by atoms with Crippen LogP contribution in [0, 0.1) is 18.3 Å². The summed E-state index contributed by atoms with van der Waals surface area (Å²) in [5.41, 5.74) is 0.358. The van der Waals surface area contributed by atoms with Crippen molar-refractivity contribution in [2.24, 2.45) is 7.05 Å². The highest BCUT2D eigenvalue weighted by Crippen LogP contribution is 2.13. The molecule has 0 radical (unpaired) electrons. The molecule has 0 amide bonds. The molecule has 0 spiro atoms. The summed E-state index contributed by atoms with van der Waals surface area (Å²) >= 11 is 0. The first-order valence-corrected chi connectivity index (χ1v) is 6.79. The number of nitriles is 1. The molecule has 0 atom stereocenters. The summed E-state index contributed by atoms with van der Waals surface area (Å²) in [4.78, 5) is 7.79. The summed E-state index contributed by atoms with van der Waals surface area (Å²) in [5.74, 6) is 0.732. The molecule has 0 aliphatic carbocycles. The van der Waals surface area contributed by atoms with Gasteiger partial charge in [0, 0.05) is 19.4 Å². The van der Waals surface area contributed by atoms with Crippen molar-refractivity contribution < 1.29 is 8.42 Å². The van der Waals surface area contributed by atoms with Gasteiger partial charge in [-0.15, -0.1) is 0 Å². The van der Waals surface area contributed by atoms with Crippen LogP contribution in [0.2, 0.25) is 0 Å². The Kier molecular flexibility index (Phi) is 3.23. The normalized spacial score (nSPS) is 11.0. The van der Waals surface area contributed by atoms with Crippen LogP contribution >= 0.6 is 0 Å². The van der Waals surface area contributed by atoms with Gasteiger partial charge in [0.15, 0.2) is 5.03 Å². The average molecular weight is 277 g/mol. The van der Waals surface area contributed by atoms with Crippen molar-refractivity contribution in [3.8, 4) is 6.07 Å². The van der Waals surface area contributed by atoms with Crippen LogP contribution in [0.25, 0.3) is 0 Å². The highest BCUT2D eigenvalue weighted by atomic mass is 32.2. The number of aromatic nitrogens is 3. The van der Waals surface area contributed by atoms with Crippen molar-refractivity contribution in [3.05, 3.63) is 35.9 Å². The fourth-order valence-electron chi connectivity index (χ4n) is 1.37. The maximum atomic E-state index is 12.0. The van der Waals surface area contributed by atoms with E-state index in [1.54, 1.807) is 18.5 Å². The van der Waals surface area contributed by atoms with Crippen molar-refractivity contribution in [3.63, 3.8) is 0 Å². The molecule has 7 nitrogen and oxygen atoms in total. The van der Waals surface area contributed by atoms with E-state index in [1.807, 2.05) is 6.07 Å². The third-order valence-corrected chi connectivity index (χ3v) is 3.72. The molecule has 98 valence electrons. The largest absolute Gasteiger partial charge is 0.337 e. The summed E-state index contributed by atoms with van der Waals surface area (Å²) in [5, 5.41) is 8.56. The Morgan fingerprint density at radius 3 is 2.63 bits per heavy atom. The van der Waals surface area contributed by atoms with Gasteiger partial charge in [0.2, 0.25) is 0 Å². The van der Waals surface area contributed by atoms with E-state index in [2.05, 4.69) is 14.7 Å². The van der Waals surface area contributed by atoms with Crippen molar-refractivity contribution >= 4 is 15.8 Å². The predicted molar refractivity (Wildman–Crippen MR) is 67.7 cm³/mol. The van der Waals surface area contributed by atoms with Gasteiger partial charge in [-0.2, -0.15) is 13.7 Å². The number of sulfonamides is 1. The van der Waals surface area contributed by atoms with Gasteiger partial charge in [-0.3, -0.25) is 4.72 Å². The quantitative estimate of drug-likeness (QED) is 0.894. The zero-order valence-corrected chi connectivity index (χ0v) is 11.1. The fraction of sp³-hybridized carbons (Fsp3) is 0.182. The topological polar surface area (TPSA) is 101 Å². The van der Waals surface area contributed by atoms with Crippen LogP contribution in [-0.4, -0.2) is 23.0 Å². The van der Waals surface area contributed by atoms with E-state index in [0.29, 0.717) is 11.4 Å². The van der Waals surface area contributed by atoms with E-state index < -0.39 is 10.0 Å². The van der Waals surface area contributed by atoms with Gasteiger partial charge in [-0.1, -0.05) is 0 Å². The van der Waals surface area contributed by atoms with Crippen LogP contribution in [0.1, 0.15) is 11.4 Å². The second kappa shape index (κ2) is 4.70. The van der Waals surface area contributed by atoms with Crippen LogP contribution in [0.15, 0.2) is 29.6 Å². The summed E-state index contributed by atoms with van der Waals surface area (Å²) in [6.07, 6.45) is 2.71. The second-order valence-corrected chi connectivity index (χ2v) is 5.52. The van der Waals surface area contributed by atoms with E-state index in [4.69, 9.17) is 5.26 Å². The molecule has 0 aromatic carbocycles. The zero-order chi connectivity index (χ0) is 14.0. The molecule has 2 rings (SSSR count). The van der Waals surface area contributed by atoms with Gasteiger partial charge in [0.25, 0.3) is 10.0 Å². The number of hydrogen-bond donors (Lipinski definition) is 1. The number of hydrogen-bond acceptors (Lipinski definition) is 5. The lowest BCUT2D eigenvalue weighted by Gasteiger charge is -2.04.